The lowest BCUT2D eigenvalue weighted by molar-refractivity contribution is 0.0716. The molecule has 1 aliphatic rings. The number of piperidine rings is 1. The first kappa shape index (κ1) is 17.2. The molecule has 1 aromatic heterocycles. The number of carbonyl (C=O) groups excluding carboxylic acids is 1. The Hall–Kier alpha value is -2.63. The van der Waals surface area contributed by atoms with Gasteiger partial charge in [-0.05, 0) is 43.2 Å². The Kier molecular flexibility index (Phi) is 5.16. The van der Waals surface area contributed by atoms with E-state index in [0.717, 1.165) is 31.7 Å². The van der Waals surface area contributed by atoms with E-state index < -0.39 is 5.82 Å². The molecule has 2 aromatic rings. The molecule has 2 heterocycles. The molecule has 0 unspecified atom stereocenters. The van der Waals surface area contributed by atoms with Gasteiger partial charge in [-0.1, -0.05) is 6.07 Å². The molecule has 1 fully saturated rings. The van der Waals surface area contributed by atoms with Crippen molar-refractivity contribution in [2.24, 2.45) is 0 Å². The van der Waals surface area contributed by atoms with Crippen molar-refractivity contribution in [2.75, 3.05) is 32.1 Å². The van der Waals surface area contributed by atoms with E-state index in [9.17, 15) is 9.18 Å². The fraction of sp³-hybridized carbons (Fsp3) is 0.368. The van der Waals surface area contributed by atoms with Crippen LogP contribution in [-0.2, 0) is 0 Å². The Morgan fingerprint density at radius 2 is 2.20 bits per heavy atom. The smallest absolute Gasteiger partial charge is 0.254 e. The summed E-state index contributed by atoms with van der Waals surface area (Å²) in [4.78, 5) is 21.0. The van der Waals surface area contributed by atoms with Crippen molar-refractivity contribution in [3.05, 3.63) is 54.0 Å². The van der Waals surface area contributed by atoms with Crippen LogP contribution in [0.15, 0.2) is 42.6 Å². The normalized spacial score (nSPS) is 17.2. The van der Waals surface area contributed by atoms with Crippen LogP contribution >= 0.6 is 0 Å². The number of methoxy groups -OCH3 is 1. The molecule has 25 heavy (non-hydrogen) atoms. The Morgan fingerprint density at radius 3 is 2.88 bits per heavy atom. The first-order chi connectivity index (χ1) is 12.1. The molecule has 6 heteroatoms. The number of nitrogens with zero attached hydrogens (tertiary/aromatic N) is 3. The molecule has 3 rings (SSSR count). The van der Waals surface area contributed by atoms with Crippen LogP contribution in [0.25, 0.3) is 0 Å². The van der Waals surface area contributed by atoms with Gasteiger partial charge >= 0.3 is 0 Å². The average Bonchev–Trinajstić information content (AvgIpc) is 2.67. The van der Waals surface area contributed by atoms with Crippen molar-refractivity contribution >= 4 is 11.7 Å². The number of amides is 1. The summed E-state index contributed by atoms with van der Waals surface area (Å²) in [5, 5.41) is 0. The molecule has 1 atom stereocenters. The summed E-state index contributed by atoms with van der Waals surface area (Å²) in [7, 11) is 3.18. The van der Waals surface area contributed by atoms with Gasteiger partial charge in [-0.3, -0.25) is 4.79 Å². The molecule has 0 N–H and O–H groups in total. The fourth-order valence-corrected chi connectivity index (χ4v) is 3.19. The number of benzene rings is 1. The van der Waals surface area contributed by atoms with Crippen molar-refractivity contribution in [2.45, 2.75) is 18.9 Å². The predicted octanol–water partition coefficient (Wildman–Crippen LogP) is 2.97. The van der Waals surface area contributed by atoms with Gasteiger partial charge in [-0.15, -0.1) is 0 Å². The van der Waals surface area contributed by atoms with Crippen molar-refractivity contribution in [3.63, 3.8) is 0 Å². The summed E-state index contributed by atoms with van der Waals surface area (Å²) in [5.74, 6) is 0.344. The lowest BCUT2D eigenvalue weighted by atomic mass is 10.0. The van der Waals surface area contributed by atoms with Gasteiger partial charge in [0.1, 0.15) is 5.82 Å². The SMILES string of the molecule is COc1ccc(C(=O)N(C)[C@H]2CCCN(c3ccccn3)C2)cc1F. The number of ether oxygens (including phenoxy) is 1. The van der Waals surface area contributed by atoms with Gasteiger partial charge in [-0.25, -0.2) is 9.37 Å². The lowest BCUT2D eigenvalue weighted by Gasteiger charge is -2.38. The first-order valence-electron chi connectivity index (χ1n) is 8.37. The van der Waals surface area contributed by atoms with E-state index in [0.29, 0.717) is 5.56 Å². The van der Waals surface area contributed by atoms with Gasteiger partial charge in [0.2, 0.25) is 0 Å². The molecule has 0 saturated carbocycles. The van der Waals surface area contributed by atoms with Crippen LogP contribution < -0.4 is 9.64 Å². The van der Waals surface area contributed by atoms with Gasteiger partial charge in [0.05, 0.1) is 7.11 Å². The molecule has 1 aromatic carbocycles. The summed E-state index contributed by atoms with van der Waals surface area (Å²) >= 11 is 0. The van der Waals surface area contributed by atoms with Gasteiger partial charge in [-0.2, -0.15) is 0 Å². The number of hydrogen-bond donors (Lipinski definition) is 0. The van der Waals surface area contributed by atoms with E-state index >= 15 is 0 Å². The monoisotopic (exact) mass is 343 g/mol. The van der Waals surface area contributed by atoms with Crippen LogP contribution in [-0.4, -0.2) is 49.1 Å². The molecule has 0 spiro atoms. The highest BCUT2D eigenvalue weighted by Gasteiger charge is 2.27. The van der Waals surface area contributed by atoms with E-state index in [4.69, 9.17) is 4.74 Å². The Bertz CT molecular complexity index is 739. The van der Waals surface area contributed by atoms with Crippen LogP contribution in [0.5, 0.6) is 5.75 Å². The molecule has 1 saturated heterocycles. The highest BCUT2D eigenvalue weighted by molar-refractivity contribution is 5.94. The van der Waals surface area contributed by atoms with Gasteiger partial charge in [0.25, 0.3) is 5.91 Å². The third-order valence-electron chi connectivity index (χ3n) is 4.64. The second-order valence-electron chi connectivity index (χ2n) is 6.20. The van der Waals surface area contributed by atoms with Crippen LogP contribution in [0.2, 0.25) is 0 Å². The number of pyridine rings is 1. The topological polar surface area (TPSA) is 45.7 Å². The highest BCUT2D eigenvalue weighted by atomic mass is 19.1. The van der Waals surface area contributed by atoms with Crippen molar-refractivity contribution in [1.82, 2.24) is 9.88 Å². The number of carbonyl (C=O) groups is 1. The third kappa shape index (κ3) is 3.73. The minimum Gasteiger partial charge on any atom is -0.494 e. The van der Waals surface area contributed by atoms with Gasteiger partial charge in [0, 0.05) is 37.9 Å². The Morgan fingerprint density at radius 1 is 1.36 bits per heavy atom. The Balaban J connectivity index is 1.72. The molecule has 5 nitrogen and oxygen atoms in total. The molecule has 1 aliphatic heterocycles. The Labute approximate surface area is 147 Å². The maximum absolute atomic E-state index is 13.9. The molecule has 1 amide bonds. The van der Waals surface area contributed by atoms with E-state index in [1.165, 1.54) is 19.2 Å². The fourth-order valence-electron chi connectivity index (χ4n) is 3.19. The number of rotatable bonds is 4. The lowest BCUT2D eigenvalue weighted by Crippen LogP contribution is -2.48. The second kappa shape index (κ2) is 7.51. The van der Waals surface area contributed by atoms with Crippen LogP contribution in [0.4, 0.5) is 10.2 Å². The maximum atomic E-state index is 13.9. The summed E-state index contributed by atoms with van der Waals surface area (Å²) in [6.45, 7) is 1.64. The summed E-state index contributed by atoms with van der Waals surface area (Å²) in [5.41, 5.74) is 0.329. The third-order valence-corrected chi connectivity index (χ3v) is 4.64. The van der Waals surface area contributed by atoms with Crippen molar-refractivity contribution < 1.29 is 13.9 Å². The number of aromatic nitrogens is 1. The number of hydrogen-bond acceptors (Lipinski definition) is 4. The quantitative estimate of drug-likeness (QED) is 0.856. The minimum atomic E-state index is -0.527. The summed E-state index contributed by atoms with van der Waals surface area (Å²) < 4.78 is 18.8. The zero-order valence-corrected chi connectivity index (χ0v) is 14.5. The van der Waals surface area contributed by atoms with Crippen LogP contribution in [0.3, 0.4) is 0 Å². The highest BCUT2D eigenvalue weighted by Crippen LogP contribution is 2.23. The largest absolute Gasteiger partial charge is 0.494 e. The van der Waals surface area contributed by atoms with Gasteiger partial charge < -0.3 is 14.5 Å². The number of halogens is 1. The first-order valence-corrected chi connectivity index (χ1v) is 8.37. The van der Waals surface area contributed by atoms with Crippen LogP contribution in [0.1, 0.15) is 23.2 Å². The second-order valence-corrected chi connectivity index (χ2v) is 6.20. The van der Waals surface area contributed by atoms with E-state index in [2.05, 4.69) is 9.88 Å². The maximum Gasteiger partial charge on any atom is 0.254 e. The predicted molar refractivity (Wildman–Crippen MR) is 94.5 cm³/mol. The molecule has 0 radical (unpaired) electrons. The van der Waals surface area contributed by atoms with Crippen LogP contribution in [0, 0.1) is 5.82 Å². The molecule has 0 bridgehead atoms. The molecule has 0 aliphatic carbocycles. The number of likely N-dealkylation sites (N-methyl/N-ethyl adjacent to an activating group) is 1. The minimum absolute atomic E-state index is 0.0634. The molecule has 132 valence electrons. The standard InChI is InChI=1S/C19H22FN3O2/c1-22(19(24)14-8-9-17(25-2)16(20)12-14)15-6-5-11-23(13-15)18-7-3-4-10-21-18/h3-4,7-10,12,15H,5-6,11,13H2,1-2H3/t15-/m0/s1. The van der Waals surface area contributed by atoms with E-state index in [1.807, 2.05) is 18.2 Å². The van der Waals surface area contributed by atoms with Gasteiger partial charge in [0.15, 0.2) is 11.6 Å². The van der Waals surface area contributed by atoms with E-state index in [-0.39, 0.29) is 17.7 Å². The zero-order valence-electron chi connectivity index (χ0n) is 14.5. The zero-order chi connectivity index (χ0) is 17.8. The van der Waals surface area contributed by atoms with Crippen molar-refractivity contribution in [3.8, 4) is 5.75 Å². The van der Waals surface area contributed by atoms with E-state index in [1.54, 1.807) is 24.2 Å². The summed E-state index contributed by atoms with van der Waals surface area (Å²) in [6, 6.07) is 10.2. The average molecular weight is 343 g/mol. The molecular formula is C19H22FN3O2. The molecular weight excluding hydrogens is 321 g/mol. The summed E-state index contributed by atoms with van der Waals surface area (Å²) in [6.07, 6.45) is 3.67. The van der Waals surface area contributed by atoms with Crippen molar-refractivity contribution in [1.29, 1.82) is 0 Å². The number of anilines is 1.